The van der Waals surface area contributed by atoms with Gasteiger partial charge in [0, 0.05) is 41.5 Å². The molecule has 5 rings (SSSR count). The Morgan fingerprint density at radius 2 is 2.19 bits per heavy atom. The molecule has 1 aromatic heterocycles. The predicted molar refractivity (Wildman–Crippen MR) is 106 cm³/mol. The zero-order chi connectivity index (χ0) is 17.5. The SMILES string of the molecule is Fc1cccc(-c2[nH]cc(C3=CC4CCCN4CC3)c2C2=CC=[N+]=C2)c1. The molecule has 2 aromatic rings. The van der Waals surface area contributed by atoms with E-state index in [1.807, 2.05) is 24.6 Å². The lowest BCUT2D eigenvalue weighted by atomic mass is 9.90. The number of aromatic nitrogens is 1. The molecule has 26 heavy (non-hydrogen) atoms. The van der Waals surface area contributed by atoms with Crippen molar-refractivity contribution in [2.24, 2.45) is 0 Å². The lowest BCUT2D eigenvalue weighted by molar-refractivity contribution is 0.288. The molecule has 1 saturated heterocycles. The lowest BCUT2D eigenvalue weighted by Gasteiger charge is -2.28. The van der Waals surface area contributed by atoms with Crippen LogP contribution in [0.1, 0.15) is 30.4 Å². The largest absolute Gasteiger partial charge is 0.360 e. The fourth-order valence-electron chi connectivity index (χ4n) is 4.41. The summed E-state index contributed by atoms with van der Waals surface area (Å²) >= 11 is 0. The summed E-state index contributed by atoms with van der Waals surface area (Å²) in [5, 5.41) is 0. The highest BCUT2D eigenvalue weighted by Crippen LogP contribution is 2.38. The van der Waals surface area contributed by atoms with Gasteiger partial charge in [0.2, 0.25) is 0 Å². The van der Waals surface area contributed by atoms with E-state index >= 15 is 0 Å². The van der Waals surface area contributed by atoms with Crippen molar-refractivity contribution in [2.45, 2.75) is 25.3 Å². The second-order valence-corrected chi connectivity index (χ2v) is 7.20. The molecule has 0 saturated carbocycles. The van der Waals surface area contributed by atoms with Crippen molar-refractivity contribution < 1.29 is 4.39 Å². The van der Waals surface area contributed by atoms with Gasteiger partial charge in [-0.1, -0.05) is 18.2 Å². The van der Waals surface area contributed by atoms with Crippen molar-refractivity contribution in [3.63, 3.8) is 0 Å². The van der Waals surface area contributed by atoms with E-state index in [0.29, 0.717) is 6.04 Å². The van der Waals surface area contributed by atoms with E-state index in [-0.39, 0.29) is 5.82 Å². The zero-order valence-corrected chi connectivity index (χ0v) is 14.6. The topological polar surface area (TPSA) is 33.1 Å². The molecular weight excluding hydrogens is 325 g/mol. The van der Waals surface area contributed by atoms with E-state index < -0.39 is 0 Å². The number of H-pyrrole nitrogens is 1. The summed E-state index contributed by atoms with van der Waals surface area (Å²) in [4.78, 5) is 5.99. The first-order valence-electron chi connectivity index (χ1n) is 9.29. The Hall–Kier alpha value is -2.68. The Morgan fingerprint density at radius 3 is 3.04 bits per heavy atom. The van der Waals surface area contributed by atoms with Crippen LogP contribution in [0.15, 0.2) is 42.6 Å². The summed E-state index contributed by atoms with van der Waals surface area (Å²) in [5.41, 5.74) is 6.65. The van der Waals surface area contributed by atoms with Crippen molar-refractivity contribution in [1.82, 2.24) is 14.6 Å². The second kappa shape index (κ2) is 6.24. The van der Waals surface area contributed by atoms with Crippen LogP contribution in [-0.4, -0.2) is 41.4 Å². The second-order valence-electron chi connectivity index (χ2n) is 7.20. The minimum absolute atomic E-state index is 0.219. The summed E-state index contributed by atoms with van der Waals surface area (Å²) < 4.78 is 18.0. The minimum atomic E-state index is -0.219. The average molecular weight is 346 g/mol. The van der Waals surface area contributed by atoms with Gasteiger partial charge in [0.15, 0.2) is 0 Å². The quantitative estimate of drug-likeness (QED) is 0.845. The van der Waals surface area contributed by atoms with Gasteiger partial charge in [-0.15, -0.1) is 4.67 Å². The third-order valence-electron chi connectivity index (χ3n) is 5.66. The molecular formula is C22H21FN3+. The molecule has 0 bridgehead atoms. The van der Waals surface area contributed by atoms with E-state index in [1.54, 1.807) is 12.1 Å². The van der Waals surface area contributed by atoms with E-state index in [1.165, 1.54) is 36.6 Å². The number of rotatable bonds is 3. The Kier molecular flexibility index (Phi) is 3.74. The molecule has 3 aliphatic rings. The summed E-state index contributed by atoms with van der Waals surface area (Å²) in [6.45, 7) is 2.34. The lowest BCUT2D eigenvalue weighted by Crippen LogP contribution is -2.32. The van der Waals surface area contributed by atoms with Gasteiger partial charge in [0.25, 0.3) is 6.21 Å². The Bertz CT molecular complexity index is 989. The molecule has 0 radical (unpaired) electrons. The van der Waals surface area contributed by atoms with E-state index in [0.717, 1.165) is 35.4 Å². The van der Waals surface area contributed by atoms with Crippen molar-refractivity contribution in [1.29, 1.82) is 0 Å². The smallest absolute Gasteiger partial charge is 0.300 e. The third kappa shape index (κ3) is 2.59. The highest BCUT2D eigenvalue weighted by molar-refractivity contribution is 6.20. The van der Waals surface area contributed by atoms with Gasteiger partial charge in [0.1, 0.15) is 5.82 Å². The Morgan fingerprint density at radius 1 is 1.23 bits per heavy atom. The molecule has 3 nitrogen and oxygen atoms in total. The van der Waals surface area contributed by atoms with Crippen LogP contribution in [-0.2, 0) is 0 Å². The molecule has 1 atom stereocenters. The first kappa shape index (κ1) is 15.6. The highest BCUT2D eigenvalue weighted by Gasteiger charge is 2.29. The molecule has 0 spiro atoms. The van der Waals surface area contributed by atoms with Crippen molar-refractivity contribution in [2.75, 3.05) is 13.1 Å². The summed E-state index contributed by atoms with van der Waals surface area (Å²) in [6, 6.07) is 7.34. The van der Waals surface area contributed by atoms with Crippen molar-refractivity contribution >= 4 is 23.6 Å². The molecule has 3 aliphatic heterocycles. The number of nitrogens with zero attached hydrogens (tertiary/aromatic N) is 2. The number of aromatic amines is 1. The van der Waals surface area contributed by atoms with Gasteiger partial charge in [-0.2, -0.15) is 0 Å². The molecule has 1 N–H and O–H groups in total. The maximum atomic E-state index is 13.8. The van der Waals surface area contributed by atoms with Crippen LogP contribution < -0.4 is 4.67 Å². The van der Waals surface area contributed by atoms with Gasteiger partial charge in [-0.05, 0) is 43.5 Å². The molecule has 1 fully saturated rings. The maximum absolute atomic E-state index is 13.8. The Balaban J connectivity index is 1.63. The van der Waals surface area contributed by atoms with Crippen LogP contribution in [0.25, 0.3) is 22.4 Å². The van der Waals surface area contributed by atoms with Crippen molar-refractivity contribution in [3.8, 4) is 11.3 Å². The van der Waals surface area contributed by atoms with E-state index in [9.17, 15) is 4.39 Å². The van der Waals surface area contributed by atoms with Gasteiger partial charge in [-0.25, -0.2) is 4.39 Å². The third-order valence-corrected chi connectivity index (χ3v) is 5.66. The number of benzene rings is 1. The zero-order valence-electron chi connectivity index (χ0n) is 14.6. The van der Waals surface area contributed by atoms with Crippen LogP contribution in [0.2, 0.25) is 0 Å². The molecule has 0 amide bonds. The van der Waals surface area contributed by atoms with E-state index in [4.69, 9.17) is 0 Å². The van der Waals surface area contributed by atoms with Gasteiger partial charge in [-0.3, -0.25) is 4.90 Å². The predicted octanol–water partition coefficient (Wildman–Crippen LogP) is 3.68. The molecule has 4 heterocycles. The molecule has 130 valence electrons. The minimum Gasteiger partial charge on any atom is -0.360 e. The standard InChI is InChI=1S/C22H20FN3/c23-18-4-1-3-16(11-18)22-21(17-6-8-24-13-17)20(14-25-22)15-7-10-26-9-2-5-19(26)12-15/h1,3-4,6,8,11-14,19H,2,5,7,9-10H2/p+1. The fourth-order valence-corrected chi connectivity index (χ4v) is 4.41. The normalized spacial score (nSPS) is 21.8. The summed E-state index contributed by atoms with van der Waals surface area (Å²) in [6.07, 6.45) is 13.8. The van der Waals surface area contributed by atoms with E-state index in [2.05, 4.69) is 26.8 Å². The van der Waals surface area contributed by atoms with Gasteiger partial charge in [0.05, 0.1) is 11.3 Å². The molecule has 1 unspecified atom stereocenters. The monoisotopic (exact) mass is 346 g/mol. The summed E-state index contributed by atoms with van der Waals surface area (Å²) in [5.74, 6) is -0.219. The number of fused-ring (bicyclic) bond motifs is 1. The first-order valence-corrected chi connectivity index (χ1v) is 9.29. The number of allylic oxidation sites excluding steroid dienone is 2. The van der Waals surface area contributed by atoms with Gasteiger partial charge >= 0.3 is 6.21 Å². The number of nitrogens with one attached hydrogen (secondary N) is 1. The summed E-state index contributed by atoms with van der Waals surface area (Å²) in [7, 11) is 0. The number of hydrogen-bond acceptors (Lipinski definition) is 1. The Labute approximate surface area is 152 Å². The van der Waals surface area contributed by atoms with Crippen LogP contribution in [0.4, 0.5) is 4.39 Å². The first-order chi connectivity index (χ1) is 12.8. The molecule has 4 heteroatoms. The highest BCUT2D eigenvalue weighted by atomic mass is 19.1. The molecule has 1 aromatic carbocycles. The van der Waals surface area contributed by atoms with Crippen LogP contribution in [0.5, 0.6) is 0 Å². The van der Waals surface area contributed by atoms with Gasteiger partial charge < -0.3 is 4.98 Å². The fraction of sp³-hybridized carbons (Fsp3) is 0.273. The van der Waals surface area contributed by atoms with Crippen LogP contribution in [0.3, 0.4) is 0 Å². The van der Waals surface area contributed by atoms with Crippen molar-refractivity contribution in [3.05, 3.63) is 59.6 Å². The average Bonchev–Trinajstić information content (AvgIpc) is 3.39. The van der Waals surface area contributed by atoms with Crippen LogP contribution in [0, 0.1) is 5.82 Å². The molecule has 0 aliphatic carbocycles. The van der Waals surface area contributed by atoms with Crippen LogP contribution >= 0.6 is 0 Å². The number of halogens is 1. The maximum Gasteiger partial charge on any atom is 0.300 e. The number of hydrogen-bond donors (Lipinski definition) is 1.